The summed E-state index contributed by atoms with van der Waals surface area (Å²) in [7, 11) is 0. The fourth-order valence-corrected chi connectivity index (χ4v) is 2.42. The van der Waals surface area contributed by atoms with E-state index >= 15 is 0 Å². The number of hydrogen-bond acceptors (Lipinski definition) is 3. The number of carbonyl (C=O) groups is 1. The first-order valence-corrected chi connectivity index (χ1v) is 6.25. The van der Waals surface area contributed by atoms with E-state index in [1.165, 1.54) is 29.2 Å². The SMILES string of the molecule is O=C1c2ccc(O)c(O)c2CN1Cc1cccc(F)c1F. The Morgan fingerprint density at radius 2 is 1.90 bits per heavy atom. The summed E-state index contributed by atoms with van der Waals surface area (Å²) in [6.07, 6.45) is 0. The number of nitrogens with zero attached hydrogens (tertiary/aromatic N) is 1. The summed E-state index contributed by atoms with van der Waals surface area (Å²) in [6, 6.07) is 6.38. The molecular weight excluding hydrogens is 280 g/mol. The second-order valence-electron chi connectivity index (χ2n) is 4.83. The summed E-state index contributed by atoms with van der Waals surface area (Å²) >= 11 is 0. The van der Waals surface area contributed by atoms with E-state index in [9.17, 15) is 23.8 Å². The number of rotatable bonds is 2. The van der Waals surface area contributed by atoms with Crippen LogP contribution in [-0.2, 0) is 13.1 Å². The number of halogens is 2. The van der Waals surface area contributed by atoms with Gasteiger partial charge in [-0.25, -0.2) is 8.78 Å². The minimum atomic E-state index is -0.992. The van der Waals surface area contributed by atoms with Crippen LogP contribution in [0.5, 0.6) is 11.5 Å². The molecule has 0 spiro atoms. The van der Waals surface area contributed by atoms with Gasteiger partial charge in [0.25, 0.3) is 5.91 Å². The highest BCUT2D eigenvalue weighted by Crippen LogP contribution is 2.37. The number of benzene rings is 2. The van der Waals surface area contributed by atoms with Gasteiger partial charge in [-0.15, -0.1) is 0 Å². The van der Waals surface area contributed by atoms with E-state index in [4.69, 9.17) is 0 Å². The Hall–Kier alpha value is -2.63. The largest absolute Gasteiger partial charge is 0.504 e. The molecule has 0 atom stereocenters. The molecular formula is C15H11F2NO3. The van der Waals surface area contributed by atoms with E-state index in [1.807, 2.05) is 0 Å². The van der Waals surface area contributed by atoms with Crippen molar-refractivity contribution < 1.29 is 23.8 Å². The van der Waals surface area contributed by atoms with Gasteiger partial charge in [-0.1, -0.05) is 12.1 Å². The summed E-state index contributed by atoms with van der Waals surface area (Å²) in [4.78, 5) is 13.5. The number of fused-ring (bicyclic) bond motifs is 1. The molecule has 2 N–H and O–H groups in total. The van der Waals surface area contributed by atoms with Gasteiger partial charge in [-0.3, -0.25) is 4.79 Å². The molecule has 0 fully saturated rings. The Kier molecular flexibility index (Phi) is 3.01. The molecule has 6 heteroatoms. The zero-order valence-electron chi connectivity index (χ0n) is 10.8. The third kappa shape index (κ3) is 2.08. The summed E-state index contributed by atoms with van der Waals surface area (Å²) < 4.78 is 26.8. The predicted octanol–water partition coefficient (Wildman–Crippen LogP) is 2.53. The maximum Gasteiger partial charge on any atom is 0.254 e. The Bertz CT molecular complexity index is 746. The second-order valence-corrected chi connectivity index (χ2v) is 4.83. The number of amides is 1. The number of hydrogen-bond donors (Lipinski definition) is 2. The summed E-state index contributed by atoms with van der Waals surface area (Å²) in [6.45, 7) is -0.0817. The lowest BCUT2D eigenvalue weighted by Gasteiger charge is -2.16. The standard InChI is InChI=1S/C15H11F2NO3/c16-11-3-1-2-8(13(11)17)6-18-7-10-9(15(18)21)4-5-12(19)14(10)20/h1-5,19-20H,6-7H2. The fourth-order valence-electron chi connectivity index (χ4n) is 2.42. The zero-order valence-corrected chi connectivity index (χ0v) is 10.8. The minimum absolute atomic E-state index is 0.0321. The highest BCUT2D eigenvalue weighted by atomic mass is 19.2. The normalized spacial score (nSPS) is 13.6. The maximum absolute atomic E-state index is 13.7. The van der Waals surface area contributed by atoms with Crippen molar-refractivity contribution in [1.82, 2.24) is 4.90 Å². The molecule has 0 saturated heterocycles. The van der Waals surface area contributed by atoms with Crippen molar-refractivity contribution in [2.45, 2.75) is 13.1 Å². The molecule has 1 amide bonds. The molecule has 0 bridgehead atoms. The Balaban J connectivity index is 1.92. The lowest BCUT2D eigenvalue weighted by molar-refractivity contribution is 0.0764. The van der Waals surface area contributed by atoms with Crippen LogP contribution in [0, 0.1) is 11.6 Å². The van der Waals surface area contributed by atoms with Crippen LogP contribution in [0.2, 0.25) is 0 Å². The average Bonchev–Trinajstić information content (AvgIpc) is 2.77. The molecule has 0 unspecified atom stereocenters. The predicted molar refractivity (Wildman–Crippen MR) is 69.7 cm³/mol. The first-order valence-electron chi connectivity index (χ1n) is 6.25. The molecule has 0 saturated carbocycles. The number of phenols is 2. The molecule has 0 radical (unpaired) electrons. The van der Waals surface area contributed by atoms with Crippen LogP contribution >= 0.6 is 0 Å². The molecule has 4 nitrogen and oxygen atoms in total. The van der Waals surface area contributed by atoms with Crippen molar-refractivity contribution in [3.05, 3.63) is 58.7 Å². The highest BCUT2D eigenvalue weighted by Gasteiger charge is 2.31. The van der Waals surface area contributed by atoms with Crippen molar-refractivity contribution in [3.8, 4) is 11.5 Å². The molecule has 0 aliphatic carbocycles. The van der Waals surface area contributed by atoms with Crippen LogP contribution in [0.25, 0.3) is 0 Å². The minimum Gasteiger partial charge on any atom is -0.504 e. The molecule has 3 rings (SSSR count). The number of aromatic hydroxyl groups is 2. The van der Waals surface area contributed by atoms with Crippen LogP contribution in [0.15, 0.2) is 30.3 Å². The van der Waals surface area contributed by atoms with Gasteiger partial charge in [-0.05, 0) is 18.2 Å². The van der Waals surface area contributed by atoms with E-state index in [1.54, 1.807) is 0 Å². The average molecular weight is 291 g/mol. The Labute approximate surface area is 118 Å². The van der Waals surface area contributed by atoms with E-state index in [-0.39, 0.29) is 41.3 Å². The summed E-state index contributed by atoms with van der Waals surface area (Å²) in [5.41, 5.74) is 0.596. The quantitative estimate of drug-likeness (QED) is 0.836. The molecule has 0 aromatic heterocycles. The second kappa shape index (κ2) is 4.73. The van der Waals surface area contributed by atoms with Gasteiger partial charge < -0.3 is 15.1 Å². The van der Waals surface area contributed by atoms with E-state index in [2.05, 4.69) is 0 Å². The first-order chi connectivity index (χ1) is 9.99. The fraction of sp³-hybridized carbons (Fsp3) is 0.133. The molecule has 108 valence electrons. The summed E-state index contributed by atoms with van der Waals surface area (Å²) in [5.74, 6) is -3.04. The lowest BCUT2D eigenvalue weighted by atomic mass is 10.1. The Morgan fingerprint density at radius 3 is 2.67 bits per heavy atom. The molecule has 2 aromatic rings. The molecule has 21 heavy (non-hydrogen) atoms. The topological polar surface area (TPSA) is 60.8 Å². The van der Waals surface area contributed by atoms with Gasteiger partial charge in [0.15, 0.2) is 23.1 Å². The lowest BCUT2D eigenvalue weighted by Crippen LogP contribution is -2.24. The molecule has 1 heterocycles. The zero-order chi connectivity index (χ0) is 15.1. The maximum atomic E-state index is 13.7. The van der Waals surface area contributed by atoms with Gasteiger partial charge in [0.2, 0.25) is 0 Å². The van der Waals surface area contributed by atoms with Crippen molar-refractivity contribution in [2.75, 3.05) is 0 Å². The van der Waals surface area contributed by atoms with Crippen LogP contribution in [0.4, 0.5) is 8.78 Å². The van der Waals surface area contributed by atoms with Gasteiger partial charge in [-0.2, -0.15) is 0 Å². The van der Waals surface area contributed by atoms with Crippen LogP contribution in [0.3, 0.4) is 0 Å². The molecule has 1 aliphatic heterocycles. The molecule has 1 aliphatic rings. The number of carbonyl (C=O) groups excluding carboxylic acids is 1. The third-order valence-electron chi connectivity index (χ3n) is 3.52. The van der Waals surface area contributed by atoms with Crippen molar-refractivity contribution in [2.24, 2.45) is 0 Å². The number of phenolic OH excluding ortho intramolecular Hbond substituents is 2. The first kappa shape index (κ1) is 13.4. The monoisotopic (exact) mass is 291 g/mol. The van der Waals surface area contributed by atoms with Crippen molar-refractivity contribution in [1.29, 1.82) is 0 Å². The van der Waals surface area contributed by atoms with Gasteiger partial charge in [0.1, 0.15) is 0 Å². The molecule has 2 aromatic carbocycles. The van der Waals surface area contributed by atoms with Crippen molar-refractivity contribution in [3.63, 3.8) is 0 Å². The van der Waals surface area contributed by atoms with Crippen molar-refractivity contribution >= 4 is 5.91 Å². The van der Waals surface area contributed by atoms with E-state index in [0.29, 0.717) is 0 Å². The van der Waals surface area contributed by atoms with Gasteiger partial charge in [0, 0.05) is 23.2 Å². The van der Waals surface area contributed by atoms with E-state index in [0.717, 1.165) is 6.07 Å². The summed E-state index contributed by atoms with van der Waals surface area (Å²) in [5, 5.41) is 19.2. The van der Waals surface area contributed by atoms with Crippen LogP contribution in [0.1, 0.15) is 21.5 Å². The highest BCUT2D eigenvalue weighted by molar-refractivity contribution is 5.99. The Morgan fingerprint density at radius 1 is 1.14 bits per heavy atom. The third-order valence-corrected chi connectivity index (χ3v) is 3.52. The van der Waals surface area contributed by atoms with Gasteiger partial charge >= 0.3 is 0 Å². The van der Waals surface area contributed by atoms with Crippen LogP contribution < -0.4 is 0 Å². The smallest absolute Gasteiger partial charge is 0.254 e. The van der Waals surface area contributed by atoms with E-state index < -0.39 is 17.5 Å². The van der Waals surface area contributed by atoms with Gasteiger partial charge in [0.05, 0.1) is 6.54 Å². The van der Waals surface area contributed by atoms with Crippen LogP contribution in [-0.4, -0.2) is 21.0 Å².